The van der Waals surface area contributed by atoms with Crippen molar-refractivity contribution in [3.8, 4) is 22.6 Å². The first-order valence-corrected chi connectivity index (χ1v) is 7.84. The highest BCUT2D eigenvalue weighted by Crippen LogP contribution is 2.38. The first-order valence-electron chi connectivity index (χ1n) is 7.10. The van der Waals surface area contributed by atoms with E-state index < -0.39 is 0 Å². The van der Waals surface area contributed by atoms with E-state index in [1.165, 1.54) is 23.4 Å². The van der Waals surface area contributed by atoms with Gasteiger partial charge >= 0.3 is 0 Å². The maximum atomic E-state index is 5.73. The number of rotatable bonds is 3. The Morgan fingerprint density at radius 2 is 1.95 bits per heavy atom. The Bertz CT molecular complexity index is 638. The van der Waals surface area contributed by atoms with E-state index in [0.29, 0.717) is 0 Å². The molecular formula is C17H19NO2S. The fourth-order valence-corrected chi connectivity index (χ4v) is 3.01. The van der Waals surface area contributed by atoms with E-state index in [1.807, 2.05) is 26.0 Å². The first kappa shape index (κ1) is 14.3. The predicted octanol–water partition coefficient (Wildman–Crippen LogP) is 4.49. The van der Waals surface area contributed by atoms with Crippen molar-refractivity contribution in [3.63, 3.8) is 0 Å². The van der Waals surface area contributed by atoms with E-state index >= 15 is 0 Å². The predicted molar refractivity (Wildman–Crippen MR) is 87.4 cm³/mol. The monoisotopic (exact) mass is 301 g/mol. The summed E-state index contributed by atoms with van der Waals surface area (Å²) < 4.78 is 14.6. The van der Waals surface area contributed by atoms with Crippen molar-refractivity contribution in [1.29, 1.82) is 0 Å². The third-order valence-electron chi connectivity index (χ3n) is 3.29. The summed E-state index contributed by atoms with van der Waals surface area (Å²) in [6, 6.07) is 12.5. The molecule has 2 aromatic carbocycles. The summed E-state index contributed by atoms with van der Waals surface area (Å²) in [7, 11) is 0. The van der Waals surface area contributed by atoms with Gasteiger partial charge in [-0.2, -0.15) is 0 Å². The molecule has 0 aromatic heterocycles. The molecule has 0 saturated carbocycles. The van der Waals surface area contributed by atoms with E-state index in [4.69, 9.17) is 8.92 Å². The molecule has 3 rings (SSSR count). The zero-order valence-corrected chi connectivity index (χ0v) is 13.3. The number of aryl methyl sites for hydroxylation is 1. The van der Waals surface area contributed by atoms with Gasteiger partial charge < -0.3 is 8.92 Å². The summed E-state index contributed by atoms with van der Waals surface area (Å²) in [6.07, 6.45) is 0.188. The zero-order chi connectivity index (χ0) is 14.8. The second-order valence-electron chi connectivity index (χ2n) is 5.48. The van der Waals surface area contributed by atoms with Gasteiger partial charge in [0.05, 0.1) is 6.10 Å². The van der Waals surface area contributed by atoms with Gasteiger partial charge in [-0.3, -0.25) is 0 Å². The van der Waals surface area contributed by atoms with Gasteiger partial charge in [0.15, 0.2) is 5.75 Å². The van der Waals surface area contributed by atoms with Crippen molar-refractivity contribution in [2.45, 2.75) is 33.4 Å². The Morgan fingerprint density at radius 1 is 1.19 bits per heavy atom. The van der Waals surface area contributed by atoms with Gasteiger partial charge in [-0.25, -0.2) is 4.72 Å². The van der Waals surface area contributed by atoms with Crippen LogP contribution in [-0.4, -0.2) is 6.10 Å². The van der Waals surface area contributed by atoms with E-state index in [9.17, 15) is 0 Å². The molecule has 110 valence electrons. The van der Waals surface area contributed by atoms with Gasteiger partial charge in [0, 0.05) is 17.7 Å². The normalized spacial score (nSPS) is 13.7. The molecule has 0 saturated heterocycles. The Hall–Kier alpha value is -1.65. The summed E-state index contributed by atoms with van der Waals surface area (Å²) in [5.41, 5.74) is 4.72. The summed E-state index contributed by atoms with van der Waals surface area (Å²) in [4.78, 5) is 0. The lowest BCUT2D eigenvalue weighted by molar-refractivity contribution is 0.242. The van der Waals surface area contributed by atoms with Crippen molar-refractivity contribution < 1.29 is 8.92 Å². The highest BCUT2D eigenvalue weighted by Gasteiger charge is 2.17. The van der Waals surface area contributed by atoms with Crippen LogP contribution in [0.4, 0.5) is 0 Å². The lowest BCUT2D eigenvalue weighted by atomic mass is 9.98. The standard InChI is InChI=1S/C17H19NO2S/c1-11(2)19-15-6-4-13(5-7-15)16-9-12(3)8-14-10-18-21-20-17(14)16/h4-9,11,18H,10H2,1-3H3. The largest absolute Gasteiger partial charge is 0.491 e. The maximum Gasteiger partial charge on any atom is 0.151 e. The number of ether oxygens (including phenoxy) is 1. The quantitative estimate of drug-likeness (QED) is 0.668. The molecule has 2 aromatic rings. The van der Waals surface area contributed by atoms with Crippen LogP contribution >= 0.6 is 12.2 Å². The number of nitrogens with one attached hydrogen (secondary N) is 1. The van der Waals surface area contributed by atoms with Crippen LogP contribution in [0.15, 0.2) is 36.4 Å². The van der Waals surface area contributed by atoms with Crippen molar-refractivity contribution in [1.82, 2.24) is 4.72 Å². The van der Waals surface area contributed by atoms with E-state index in [-0.39, 0.29) is 6.10 Å². The molecular weight excluding hydrogens is 282 g/mol. The van der Waals surface area contributed by atoms with Crippen molar-refractivity contribution in [3.05, 3.63) is 47.5 Å². The molecule has 21 heavy (non-hydrogen) atoms. The molecule has 0 aliphatic carbocycles. The summed E-state index contributed by atoms with van der Waals surface area (Å²) >= 11 is 1.29. The summed E-state index contributed by atoms with van der Waals surface area (Å²) in [5, 5.41) is 0. The molecule has 1 aliphatic heterocycles. The van der Waals surface area contributed by atoms with Crippen LogP contribution in [0.3, 0.4) is 0 Å². The topological polar surface area (TPSA) is 30.5 Å². The Morgan fingerprint density at radius 3 is 2.67 bits per heavy atom. The molecule has 0 unspecified atom stereocenters. The van der Waals surface area contributed by atoms with Crippen LogP contribution in [0.1, 0.15) is 25.0 Å². The van der Waals surface area contributed by atoms with E-state index in [2.05, 4.69) is 35.9 Å². The molecule has 4 heteroatoms. The molecule has 1 heterocycles. The SMILES string of the molecule is Cc1cc2c(c(-c3ccc(OC(C)C)cc3)c1)OSNC2. The number of hydrogen-bond acceptors (Lipinski definition) is 4. The molecule has 1 N–H and O–H groups in total. The summed E-state index contributed by atoms with van der Waals surface area (Å²) in [5.74, 6) is 1.86. The molecule has 0 spiro atoms. The second-order valence-corrected chi connectivity index (χ2v) is 6.10. The van der Waals surface area contributed by atoms with E-state index in [1.54, 1.807) is 0 Å². The minimum atomic E-state index is 0.188. The number of hydrogen-bond donors (Lipinski definition) is 1. The van der Waals surface area contributed by atoms with Gasteiger partial charge in [-0.05, 0) is 50.1 Å². The zero-order valence-electron chi connectivity index (χ0n) is 12.5. The third kappa shape index (κ3) is 3.17. The second kappa shape index (κ2) is 6.00. The number of fused-ring (bicyclic) bond motifs is 1. The fraction of sp³-hybridized carbons (Fsp3) is 0.294. The van der Waals surface area contributed by atoms with Gasteiger partial charge in [-0.1, -0.05) is 18.2 Å². The number of benzene rings is 2. The molecule has 3 nitrogen and oxygen atoms in total. The third-order valence-corrected chi connectivity index (χ3v) is 3.81. The highest BCUT2D eigenvalue weighted by atomic mass is 32.2. The van der Waals surface area contributed by atoms with Crippen LogP contribution in [-0.2, 0) is 6.54 Å². The average Bonchev–Trinajstić information content (AvgIpc) is 2.46. The molecule has 0 atom stereocenters. The Balaban J connectivity index is 1.98. The van der Waals surface area contributed by atoms with Crippen LogP contribution < -0.4 is 13.6 Å². The molecule has 0 amide bonds. The van der Waals surface area contributed by atoms with Crippen LogP contribution in [0, 0.1) is 6.92 Å². The smallest absolute Gasteiger partial charge is 0.151 e. The lowest BCUT2D eigenvalue weighted by Gasteiger charge is -2.20. The van der Waals surface area contributed by atoms with Gasteiger partial charge in [0.2, 0.25) is 0 Å². The van der Waals surface area contributed by atoms with Gasteiger partial charge in [0.1, 0.15) is 18.0 Å². The molecule has 0 fully saturated rings. The molecule has 0 radical (unpaired) electrons. The van der Waals surface area contributed by atoms with Crippen molar-refractivity contribution in [2.75, 3.05) is 0 Å². The fourth-order valence-electron chi connectivity index (χ4n) is 2.46. The van der Waals surface area contributed by atoms with E-state index in [0.717, 1.165) is 29.2 Å². The van der Waals surface area contributed by atoms with Crippen LogP contribution in [0.25, 0.3) is 11.1 Å². The van der Waals surface area contributed by atoms with Crippen molar-refractivity contribution >= 4 is 12.2 Å². The Kier molecular flexibility index (Phi) is 4.08. The van der Waals surface area contributed by atoms with Crippen LogP contribution in [0.2, 0.25) is 0 Å². The first-order chi connectivity index (χ1) is 10.1. The minimum absolute atomic E-state index is 0.188. The molecule has 0 bridgehead atoms. The lowest BCUT2D eigenvalue weighted by Crippen LogP contribution is -2.13. The van der Waals surface area contributed by atoms with Crippen LogP contribution in [0.5, 0.6) is 11.5 Å². The highest BCUT2D eigenvalue weighted by molar-refractivity contribution is 7.93. The average molecular weight is 301 g/mol. The maximum absolute atomic E-state index is 5.73. The Labute approximate surface area is 130 Å². The summed E-state index contributed by atoms with van der Waals surface area (Å²) in [6.45, 7) is 7.00. The van der Waals surface area contributed by atoms with Crippen molar-refractivity contribution in [2.24, 2.45) is 0 Å². The minimum Gasteiger partial charge on any atom is -0.491 e. The molecule has 1 aliphatic rings. The van der Waals surface area contributed by atoms with Gasteiger partial charge in [0.25, 0.3) is 0 Å². The van der Waals surface area contributed by atoms with Gasteiger partial charge in [-0.15, -0.1) is 0 Å².